The van der Waals surface area contributed by atoms with Gasteiger partial charge in [0.25, 0.3) is 0 Å². The predicted molar refractivity (Wildman–Crippen MR) is 122 cm³/mol. The number of rotatable bonds is 6. The van der Waals surface area contributed by atoms with E-state index in [9.17, 15) is 15.5 Å². The van der Waals surface area contributed by atoms with Gasteiger partial charge in [0.05, 0.1) is 35.9 Å². The molecule has 32 heavy (non-hydrogen) atoms. The van der Waals surface area contributed by atoms with Crippen molar-refractivity contribution in [3.63, 3.8) is 0 Å². The highest BCUT2D eigenvalue weighted by Gasteiger charge is 2.20. The van der Waals surface area contributed by atoms with Crippen LogP contribution in [0.3, 0.4) is 0 Å². The van der Waals surface area contributed by atoms with Gasteiger partial charge in [0.2, 0.25) is 0 Å². The van der Waals surface area contributed by atoms with Gasteiger partial charge in [-0.25, -0.2) is 14.5 Å². The number of halogens is 1. The highest BCUT2D eigenvalue weighted by atomic mass is 35.5. The molecule has 0 saturated heterocycles. The molecule has 0 aliphatic rings. The standard InChI is InChI=1S/C23H21ClN6O2/c1-13-8-17(10-19(24)26-13)21-22(16-5-3-4-15(9-16)11-25)29-30-7-6-20(28-23(21)30)27-14(2)18(32)12-31/h3-10,14,18,31-32H,12H2,1-2H3,(H,27,28)/t14-,18+/m0/s1. The molecule has 0 aliphatic heterocycles. The monoisotopic (exact) mass is 448 g/mol. The minimum Gasteiger partial charge on any atom is -0.394 e. The van der Waals surface area contributed by atoms with E-state index in [0.717, 1.165) is 22.4 Å². The number of fused-ring (bicyclic) bond motifs is 1. The molecule has 3 N–H and O–H groups in total. The number of hydrogen-bond donors (Lipinski definition) is 3. The summed E-state index contributed by atoms with van der Waals surface area (Å²) in [5, 5.41) is 36.6. The van der Waals surface area contributed by atoms with Crippen molar-refractivity contribution in [2.24, 2.45) is 0 Å². The van der Waals surface area contributed by atoms with Crippen LogP contribution in [0.5, 0.6) is 0 Å². The van der Waals surface area contributed by atoms with Crippen LogP contribution in [0.15, 0.2) is 48.7 Å². The summed E-state index contributed by atoms with van der Waals surface area (Å²) in [7, 11) is 0. The zero-order chi connectivity index (χ0) is 22.8. The lowest BCUT2D eigenvalue weighted by atomic mass is 10.00. The number of benzene rings is 1. The smallest absolute Gasteiger partial charge is 0.165 e. The number of nitrogens with one attached hydrogen (secondary N) is 1. The van der Waals surface area contributed by atoms with Gasteiger partial charge in [0.15, 0.2) is 5.65 Å². The summed E-state index contributed by atoms with van der Waals surface area (Å²) in [5.74, 6) is 0.521. The minimum absolute atomic E-state index is 0.352. The molecule has 0 spiro atoms. The van der Waals surface area contributed by atoms with Crippen molar-refractivity contribution in [3.8, 4) is 28.5 Å². The van der Waals surface area contributed by atoms with Gasteiger partial charge in [-0.05, 0) is 49.7 Å². The molecule has 0 unspecified atom stereocenters. The SMILES string of the molecule is Cc1cc(-c2c(-c3cccc(C#N)c3)nn3ccc(N[C@@H](C)[C@H](O)CO)nc23)cc(Cl)n1. The Labute approximate surface area is 189 Å². The van der Waals surface area contributed by atoms with Gasteiger partial charge in [-0.3, -0.25) is 0 Å². The number of pyridine rings is 1. The second-order valence-corrected chi connectivity index (χ2v) is 7.89. The van der Waals surface area contributed by atoms with Crippen LogP contribution in [0.2, 0.25) is 5.15 Å². The lowest BCUT2D eigenvalue weighted by Gasteiger charge is -2.18. The molecule has 1 aromatic carbocycles. The molecule has 9 heteroatoms. The largest absolute Gasteiger partial charge is 0.394 e. The number of hydrogen-bond acceptors (Lipinski definition) is 7. The first-order chi connectivity index (χ1) is 15.4. The van der Waals surface area contributed by atoms with E-state index in [0.29, 0.717) is 27.9 Å². The van der Waals surface area contributed by atoms with Crippen molar-refractivity contribution >= 4 is 23.1 Å². The van der Waals surface area contributed by atoms with Crippen LogP contribution < -0.4 is 5.32 Å². The molecule has 0 fully saturated rings. The summed E-state index contributed by atoms with van der Waals surface area (Å²) in [4.78, 5) is 8.98. The zero-order valence-electron chi connectivity index (χ0n) is 17.5. The Morgan fingerprint density at radius 2 is 2.00 bits per heavy atom. The Balaban J connectivity index is 1.93. The maximum Gasteiger partial charge on any atom is 0.165 e. The molecule has 162 valence electrons. The highest BCUT2D eigenvalue weighted by Crippen LogP contribution is 2.36. The van der Waals surface area contributed by atoms with Crippen LogP contribution in [0.25, 0.3) is 28.0 Å². The third kappa shape index (κ3) is 4.27. The maximum atomic E-state index is 9.89. The Morgan fingerprint density at radius 3 is 2.72 bits per heavy atom. The van der Waals surface area contributed by atoms with Gasteiger partial charge in [-0.15, -0.1) is 0 Å². The molecular formula is C23H21ClN6O2. The summed E-state index contributed by atoms with van der Waals surface area (Å²) in [6.07, 6.45) is 0.836. The predicted octanol–water partition coefficient (Wildman–Crippen LogP) is 3.45. The molecule has 0 saturated carbocycles. The third-order valence-electron chi connectivity index (χ3n) is 5.10. The van der Waals surface area contributed by atoms with Crippen LogP contribution in [-0.4, -0.2) is 48.5 Å². The van der Waals surface area contributed by atoms with Gasteiger partial charge < -0.3 is 15.5 Å². The normalized spacial score (nSPS) is 13.0. The number of nitriles is 1. The number of aliphatic hydroxyl groups excluding tert-OH is 2. The molecule has 4 rings (SSSR count). The lowest BCUT2D eigenvalue weighted by Crippen LogP contribution is -2.33. The molecular weight excluding hydrogens is 428 g/mol. The van der Waals surface area contributed by atoms with E-state index in [1.54, 1.807) is 41.9 Å². The molecule has 8 nitrogen and oxygen atoms in total. The average molecular weight is 449 g/mol. The van der Waals surface area contributed by atoms with Crippen molar-refractivity contribution in [3.05, 3.63) is 65.1 Å². The van der Waals surface area contributed by atoms with Crippen molar-refractivity contribution in [1.29, 1.82) is 5.26 Å². The molecule has 4 aromatic rings. The fourth-order valence-electron chi connectivity index (χ4n) is 3.47. The van der Waals surface area contributed by atoms with Gasteiger partial charge >= 0.3 is 0 Å². The second kappa shape index (κ2) is 8.93. The van der Waals surface area contributed by atoms with E-state index < -0.39 is 12.1 Å². The number of nitrogens with zero attached hydrogens (tertiary/aromatic N) is 5. The first kappa shape index (κ1) is 21.7. The molecule has 3 aromatic heterocycles. The molecule has 2 atom stereocenters. The molecule has 0 bridgehead atoms. The number of aromatic nitrogens is 4. The Kier molecular flexibility index (Phi) is 6.06. The van der Waals surface area contributed by atoms with Crippen molar-refractivity contribution in [1.82, 2.24) is 19.6 Å². The minimum atomic E-state index is -0.927. The fraction of sp³-hybridized carbons (Fsp3) is 0.217. The summed E-state index contributed by atoms with van der Waals surface area (Å²) in [6, 6.07) is 14.4. The van der Waals surface area contributed by atoms with Crippen LogP contribution >= 0.6 is 11.6 Å². The van der Waals surface area contributed by atoms with Crippen LogP contribution in [0, 0.1) is 18.3 Å². The fourth-order valence-corrected chi connectivity index (χ4v) is 3.72. The highest BCUT2D eigenvalue weighted by molar-refractivity contribution is 6.29. The van der Waals surface area contributed by atoms with Gasteiger partial charge in [0.1, 0.15) is 16.7 Å². The van der Waals surface area contributed by atoms with E-state index in [4.69, 9.17) is 21.7 Å². The maximum absolute atomic E-state index is 9.89. The third-order valence-corrected chi connectivity index (χ3v) is 5.29. The first-order valence-electron chi connectivity index (χ1n) is 9.99. The molecule has 3 heterocycles. The zero-order valence-corrected chi connectivity index (χ0v) is 18.2. The summed E-state index contributed by atoms with van der Waals surface area (Å²) >= 11 is 6.25. The quantitative estimate of drug-likeness (QED) is 0.386. The second-order valence-electron chi connectivity index (χ2n) is 7.50. The van der Waals surface area contributed by atoms with Crippen molar-refractivity contribution in [2.45, 2.75) is 26.0 Å². The van der Waals surface area contributed by atoms with Gasteiger partial charge in [-0.2, -0.15) is 10.4 Å². The summed E-state index contributed by atoms with van der Waals surface area (Å²) < 4.78 is 1.66. The Hall–Kier alpha value is -3.51. The van der Waals surface area contributed by atoms with E-state index in [-0.39, 0.29) is 6.61 Å². The van der Waals surface area contributed by atoms with Crippen LogP contribution in [-0.2, 0) is 0 Å². The topological polar surface area (TPSA) is 119 Å². The van der Waals surface area contributed by atoms with E-state index in [1.165, 1.54) is 0 Å². The Morgan fingerprint density at radius 1 is 1.19 bits per heavy atom. The van der Waals surface area contributed by atoms with E-state index in [1.807, 2.05) is 25.1 Å². The van der Waals surface area contributed by atoms with E-state index >= 15 is 0 Å². The molecule has 0 amide bonds. The summed E-state index contributed by atoms with van der Waals surface area (Å²) in [6.45, 7) is 3.26. The lowest BCUT2D eigenvalue weighted by molar-refractivity contribution is 0.0838. The summed E-state index contributed by atoms with van der Waals surface area (Å²) in [5.41, 5.74) is 4.80. The molecule has 0 radical (unpaired) electrons. The average Bonchev–Trinajstić information content (AvgIpc) is 3.16. The van der Waals surface area contributed by atoms with Gasteiger partial charge in [0, 0.05) is 17.5 Å². The number of anilines is 1. The van der Waals surface area contributed by atoms with Crippen molar-refractivity contribution < 1.29 is 10.2 Å². The van der Waals surface area contributed by atoms with Crippen molar-refractivity contribution in [2.75, 3.05) is 11.9 Å². The molecule has 0 aliphatic carbocycles. The van der Waals surface area contributed by atoms with Crippen LogP contribution in [0.1, 0.15) is 18.2 Å². The number of aryl methyl sites for hydroxylation is 1. The van der Waals surface area contributed by atoms with E-state index in [2.05, 4.69) is 16.4 Å². The van der Waals surface area contributed by atoms with Crippen LogP contribution in [0.4, 0.5) is 5.82 Å². The van der Waals surface area contributed by atoms with Gasteiger partial charge in [-0.1, -0.05) is 23.7 Å². The Bertz CT molecular complexity index is 1310. The first-order valence-corrected chi connectivity index (χ1v) is 10.4. The number of aliphatic hydroxyl groups is 2.